The molecule has 2 rings (SSSR count). The summed E-state index contributed by atoms with van der Waals surface area (Å²) in [5, 5.41) is 11.6. The molecule has 0 radical (unpaired) electrons. The van der Waals surface area contributed by atoms with Gasteiger partial charge in [0.15, 0.2) is 18.1 Å². The van der Waals surface area contributed by atoms with Crippen LogP contribution in [0.2, 0.25) is 0 Å². The lowest BCUT2D eigenvalue weighted by atomic mass is 10.2. The number of hydrogen-bond donors (Lipinski definition) is 1. The summed E-state index contributed by atoms with van der Waals surface area (Å²) in [5.41, 5.74) is 2.21. The predicted molar refractivity (Wildman–Crippen MR) is 92.6 cm³/mol. The Hall–Kier alpha value is -3.20. The molecule has 0 aliphatic heterocycles. The van der Waals surface area contributed by atoms with E-state index in [1.54, 1.807) is 18.2 Å². The summed E-state index contributed by atoms with van der Waals surface area (Å²) in [4.78, 5) is 14.0. The smallest absolute Gasteiger partial charge is 0.262 e. The SMILES string of the molecule is COc1cc(C#N)ccc1OCC(=O)Nc1ccc(N(C)C)cc1. The van der Waals surface area contributed by atoms with E-state index in [9.17, 15) is 4.79 Å². The monoisotopic (exact) mass is 325 g/mol. The molecule has 0 aliphatic rings. The first-order valence-corrected chi connectivity index (χ1v) is 7.31. The van der Waals surface area contributed by atoms with Crippen molar-refractivity contribution in [3.05, 3.63) is 48.0 Å². The zero-order chi connectivity index (χ0) is 17.5. The molecule has 0 fully saturated rings. The Kier molecular flexibility index (Phi) is 5.63. The molecule has 1 amide bonds. The van der Waals surface area contributed by atoms with E-state index in [0.29, 0.717) is 22.7 Å². The summed E-state index contributed by atoms with van der Waals surface area (Å²) in [5.74, 6) is 0.547. The summed E-state index contributed by atoms with van der Waals surface area (Å²) in [6, 6.07) is 14.3. The topological polar surface area (TPSA) is 74.6 Å². The Balaban J connectivity index is 1.95. The molecule has 0 spiro atoms. The van der Waals surface area contributed by atoms with Crippen molar-refractivity contribution in [2.45, 2.75) is 0 Å². The van der Waals surface area contributed by atoms with Crippen LogP contribution in [0.3, 0.4) is 0 Å². The zero-order valence-electron chi connectivity index (χ0n) is 13.9. The normalized spacial score (nSPS) is 9.75. The fourth-order valence-electron chi connectivity index (χ4n) is 2.04. The van der Waals surface area contributed by atoms with Crippen LogP contribution < -0.4 is 19.7 Å². The number of ether oxygens (including phenoxy) is 2. The van der Waals surface area contributed by atoms with Crippen LogP contribution in [0.25, 0.3) is 0 Å². The third-order valence-corrected chi connectivity index (χ3v) is 3.32. The number of carbonyl (C=O) groups is 1. The standard InChI is InChI=1S/C18H19N3O3/c1-21(2)15-7-5-14(6-8-15)20-18(22)12-24-16-9-4-13(11-19)10-17(16)23-3/h4-10H,12H2,1-3H3,(H,20,22). The van der Waals surface area contributed by atoms with E-state index < -0.39 is 0 Å². The van der Waals surface area contributed by atoms with Crippen molar-refractivity contribution in [3.63, 3.8) is 0 Å². The van der Waals surface area contributed by atoms with Gasteiger partial charge in [-0.1, -0.05) is 0 Å². The highest BCUT2D eigenvalue weighted by Crippen LogP contribution is 2.27. The lowest BCUT2D eigenvalue weighted by Gasteiger charge is -2.13. The molecular weight excluding hydrogens is 306 g/mol. The highest BCUT2D eigenvalue weighted by molar-refractivity contribution is 5.92. The van der Waals surface area contributed by atoms with Gasteiger partial charge < -0.3 is 19.7 Å². The van der Waals surface area contributed by atoms with Crippen molar-refractivity contribution in [3.8, 4) is 17.6 Å². The van der Waals surface area contributed by atoms with Crippen LogP contribution >= 0.6 is 0 Å². The molecule has 0 aliphatic carbocycles. The first kappa shape index (κ1) is 17.2. The van der Waals surface area contributed by atoms with Crippen molar-refractivity contribution >= 4 is 17.3 Å². The lowest BCUT2D eigenvalue weighted by molar-refractivity contribution is -0.118. The van der Waals surface area contributed by atoms with Crippen LogP contribution in [0.15, 0.2) is 42.5 Å². The maximum absolute atomic E-state index is 12.0. The van der Waals surface area contributed by atoms with Crippen LogP contribution in [-0.4, -0.2) is 33.7 Å². The van der Waals surface area contributed by atoms with E-state index in [2.05, 4.69) is 5.32 Å². The molecular formula is C18H19N3O3. The van der Waals surface area contributed by atoms with Crippen molar-refractivity contribution in [1.29, 1.82) is 5.26 Å². The highest BCUT2D eigenvalue weighted by atomic mass is 16.5. The van der Waals surface area contributed by atoms with Crippen LogP contribution in [0, 0.1) is 11.3 Å². The molecule has 0 aromatic heterocycles. The molecule has 2 aromatic rings. The quantitative estimate of drug-likeness (QED) is 0.884. The zero-order valence-corrected chi connectivity index (χ0v) is 13.9. The van der Waals surface area contributed by atoms with Crippen molar-refractivity contribution < 1.29 is 14.3 Å². The average Bonchev–Trinajstić information content (AvgIpc) is 2.60. The first-order chi connectivity index (χ1) is 11.5. The molecule has 0 saturated carbocycles. The molecule has 2 aromatic carbocycles. The number of rotatable bonds is 6. The number of nitriles is 1. The maximum atomic E-state index is 12.0. The summed E-state index contributed by atoms with van der Waals surface area (Å²) >= 11 is 0. The Morgan fingerprint density at radius 3 is 2.46 bits per heavy atom. The second-order valence-corrected chi connectivity index (χ2v) is 5.26. The van der Waals surface area contributed by atoms with Gasteiger partial charge in [-0.05, 0) is 36.4 Å². The van der Waals surface area contributed by atoms with Crippen LogP contribution in [0.4, 0.5) is 11.4 Å². The van der Waals surface area contributed by atoms with Crippen molar-refractivity contribution in [2.24, 2.45) is 0 Å². The molecule has 124 valence electrons. The first-order valence-electron chi connectivity index (χ1n) is 7.31. The molecule has 1 N–H and O–H groups in total. The lowest BCUT2D eigenvalue weighted by Crippen LogP contribution is -2.20. The third-order valence-electron chi connectivity index (χ3n) is 3.32. The van der Waals surface area contributed by atoms with E-state index in [-0.39, 0.29) is 12.5 Å². The van der Waals surface area contributed by atoms with Gasteiger partial charge in [-0.3, -0.25) is 4.79 Å². The van der Waals surface area contributed by atoms with Crippen LogP contribution in [0.1, 0.15) is 5.56 Å². The molecule has 0 saturated heterocycles. The Morgan fingerprint density at radius 1 is 1.17 bits per heavy atom. The predicted octanol–water partition coefficient (Wildman–Crippen LogP) is 2.65. The molecule has 0 atom stereocenters. The highest BCUT2D eigenvalue weighted by Gasteiger charge is 2.09. The number of methoxy groups -OCH3 is 1. The number of benzene rings is 2. The Labute approximate surface area is 141 Å². The largest absolute Gasteiger partial charge is 0.493 e. The van der Waals surface area contributed by atoms with E-state index in [4.69, 9.17) is 14.7 Å². The number of nitrogens with one attached hydrogen (secondary N) is 1. The number of nitrogens with zero attached hydrogens (tertiary/aromatic N) is 2. The summed E-state index contributed by atoms with van der Waals surface area (Å²) in [6.45, 7) is -0.155. The fraction of sp³-hybridized carbons (Fsp3) is 0.222. The second kappa shape index (κ2) is 7.88. The number of carbonyl (C=O) groups excluding carboxylic acids is 1. The minimum absolute atomic E-state index is 0.155. The van der Waals surface area contributed by atoms with Gasteiger partial charge in [-0.25, -0.2) is 0 Å². The molecule has 0 unspecified atom stereocenters. The second-order valence-electron chi connectivity index (χ2n) is 5.26. The average molecular weight is 325 g/mol. The van der Waals surface area contributed by atoms with Gasteiger partial charge in [-0.15, -0.1) is 0 Å². The van der Waals surface area contributed by atoms with E-state index >= 15 is 0 Å². The third kappa shape index (κ3) is 4.40. The maximum Gasteiger partial charge on any atom is 0.262 e. The molecule has 6 heteroatoms. The van der Waals surface area contributed by atoms with Gasteiger partial charge in [0, 0.05) is 31.5 Å². The van der Waals surface area contributed by atoms with Gasteiger partial charge >= 0.3 is 0 Å². The summed E-state index contributed by atoms with van der Waals surface area (Å²) in [7, 11) is 5.38. The molecule has 6 nitrogen and oxygen atoms in total. The van der Waals surface area contributed by atoms with Crippen molar-refractivity contribution in [2.75, 3.05) is 38.0 Å². The minimum atomic E-state index is -0.279. The van der Waals surface area contributed by atoms with E-state index in [1.165, 1.54) is 7.11 Å². The van der Waals surface area contributed by atoms with Gasteiger partial charge in [0.25, 0.3) is 5.91 Å². The fourth-order valence-corrected chi connectivity index (χ4v) is 2.04. The number of amides is 1. The van der Waals surface area contributed by atoms with Gasteiger partial charge in [0.05, 0.1) is 18.7 Å². The molecule has 0 heterocycles. The summed E-state index contributed by atoms with van der Waals surface area (Å²) in [6.07, 6.45) is 0. The molecule has 0 bridgehead atoms. The van der Waals surface area contributed by atoms with Gasteiger partial charge in [-0.2, -0.15) is 5.26 Å². The van der Waals surface area contributed by atoms with Crippen molar-refractivity contribution in [1.82, 2.24) is 0 Å². The Bertz CT molecular complexity index is 749. The van der Waals surface area contributed by atoms with Crippen LogP contribution in [-0.2, 0) is 4.79 Å². The number of anilines is 2. The number of hydrogen-bond acceptors (Lipinski definition) is 5. The van der Waals surface area contributed by atoms with Gasteiger partial charge in [0.2, 0.25) is 0 Å². The van der Waals surface area contributed by atoms with E-state index in [0.717, 1.165) is 5.69 Å². The molecule has 24 heavy (non-hydrogen) atoms. The minimum Gasteiger partial charge on any atom is -0.493 e. The Morgan fingerprint density at radius 2 is 1.88 bits per heavy atom. The van der Waals surface area contributed by atoms with Crippen LogP contribution in [0.5, 0.6) is 11.5 Å². The van der Waals surface area contributed by atoms with E-state index in [1.807, 2.05) is 49.3 Å². The summed E-state index contributed by atoms with van der Waals surface area (Å²) < 4.78 is 10.6. The van der Waals surface area contributed by atoms with Gasteiger partial charge in [0.1, 0.15) is 0 Å².